The van der Waals surface area contributed by atoms with E-state index in [4.69, 9.17) is 5.11 Å². The molecule has 1 N–H and O–H groups in total. The van der Waals surface area contributed by atoms with Gasteiger partial charge in [-0.3, -0.25) is 4.79 Å². The summed E-state index contributed by atoms with van der Waals surface area (Å²) in [6.45, 7) is 4.15. The lowest BCUT2D eigenvalue weighted by Crippen LogP contribution is -2.40. The quantitative estimate of drug-likeness (QED) is 0.704. The van der Waals surface area contributed by atoms with Gasteiger partial charge >= 0.3 is 6.09 Å². The first-order valence-corrected chi connectivity index (χ1v) is 5.25. The van der Waals surface area contributed by atoms with Crippen LogP contribution in [0, 0.1) is 5.41 Å². The van der Waals surface area contributed by atoms with E-state index in [0.717, 1.165) is 0 Å². The van der Waals surface area contributed by atoms with Crippen LogP contribution in [0.25, 0.3) is 0 Å². The predicted octanol–water partition coefficient (Wildman–Crippen LogP) is 1.66. The standard InChI is InChI=1S/C11H15NO3/c1-2-5-11-6-7-12(10(14)15)8(11)3-4-9(11)13/h2,8H,1,3-7H2,(H,14,15). The van der Waals surface area contributed by atoms with Gasteiger partial charge in [0.2, 0.25) is 0 Å². The number of rotatable bonds is 2. The van der Waals surface area contributed by atoms with Gasteiger partial charge < -0.3 is 10.0 Å². The van der Waals surface area contributed by atoms with Gasteiger partial charge in [0.15, 0.2) is 0 Å². The number of fused-ring (bicyclic) bond motifs is 1. The predicted molar refractivity (Wildman–Crippen MR) is 54.6 cm³/mol. The first-order valence-electron chi connectivity index (χ1n) is 5.25. The van der Waals surface area contributed by atoms with Crippen LogP contribution >= 0.6 is 0 Å². The van der Waals surface area contributed by atoms with Crippen molar-refractivity contribution in [3.05, 3.63) is 12.7 Å². The number of ketones is 1. The second-order valence-electron chi connectivity index (χ2n) is 4.35. The van der Waals surface area contributed by atoms with Crippen LogP contribution in [-0.2, 0) is 4.79 Å². The molecule has 82 valence electrons. The van der Waals surface area contributed by atoms with Crippen molar-refractivity contribution < 1.29 is 14.7 Å². The molecular weight excluding hydrogens is 194 g/mol. The van der Waals surface area contributed by atoms with Gasteiger partial charge in [0.05, 0.1) is 5.41 Å². The molecule has 15 heavy (non-hydrogen) atoms. The minimum atomic E-state index is -0.902. The Balaban J connectivity index is 2.30. The summed E-state index contributed by atoms with van der Waals surface area (Å²) >= 11 is 0. The number of carbonyl (C=O) groups excluding carboxylic acids is 1. The SMILES string of the molecule is C=CCC12CCN(C(=O)O)C1CCC2=O. The van der Waals surface area contributed by atoms with Gasteiger partial charge in [0, 0.05) is 19.0 Å². The summed E-state index contributed by atoms with van der Waals surface area (Å²) < 4.78 is 0. The first kappa shape index (κ1) is 10.2. The fourth-order valence-corrected chi connectivity index (χ4v) is 3.05. The largest absolute Gasteiger partial charge is 0.465 e. The zero-order valence-corrected chi connectivity index (χ0v) is 8.61. The Kier molecular flexibility index (Phi) is 2.29. The number of Topliss-reactive ketones (excluding diaryl/α,β-unsaturated/α-hetero) is 1. The van der Waals surface area contributed by atoms with E-state index in [1.807, 2.05) is 0 Å². The van der Waals surface area contributed by atoms with Gasteiger partial charge in [-0.15, -0.1) is 6.58 Å². The van der Waals surface area contributed by atoms with E-state index in [0.29, 0.717) is 32.2 Å². The van der Waals surface area contributed by atoms with Gasteiger partial charge in [0.1, 0.15) is 5.78 Å². The molecule has 0 bridgehead atoms. The molecule has 4 nitrogen and oxygen atoms in total. The molecule has 2 aliphatic rings. The van der Waals surface area contributed by atoms with Gasteiger partial charge in [-0.05, 0) is 19.3 Å². The summed E-state index contributed by atoms with van der Waals surface area (Å²) in [5, 5.41) is 9.02. The minimum absolute atomic E-state index is 0.111. The van der Waals surface area contributed by atoms with E-state index >= 15 is 0 Å². The average Bonchev–Trinajstić information content (AvgIpc) is 2.66. The van der Waals surface area contributed by atoms with Crippen molar-refractivity contribution in [3.8, 4) is 0 Å². The Morgan fingerprint density at radius 3 is 3.07 bits per heavy atom. The minimum Gasteiger partial charge on any atom is -0.465 e. The van der Waals surface area contributed by atoms with E-state index in [-0.39, 0.29) is 11.8 Å². The van der Waals surface area contributed by atoms with Crippen LogP contribution in [0.3, 0.4) is 0 Å². The molecule has 2 atom stereocenters. The van der Waals surface area contributed by atoms with E-state index in [9.17, 15) is 9.59 Å². The highest BCUT2D eigenvalue weighted by Crippen LogP contribution is 2.48. The Bertz CT molecular complexity index is 326. The van der Waals surface area contributed by atoms with Gasteiger partial charge in [-0.25, -0.2) is 4.79 Å². The molecule has 1 aliphatic heterocycles. The van der Waals surface area contributed by atoms with Crippen LogP contribution in [0.4, 0.5) is 4.79 Å². The molecule has 1 saturated heterocycles. The number of allylic oxidation sites excluding steroid dienone is 1. The summed E-state index contributed by atoms with van der Waals surface area (Å²) in [6.07, 6.45) is 3.30. The number of amides is 1. The molecule has 1 aliphatic carbocycles. The van der Waals surface area contributed by atoms with E-state index in [1.165, 1.54) is 4.90 Å². The van der Waals surface area contributed by atoms with Gasteiger partial charge in [-0.2, -0.15) is 0 Å². The lowest BCUT2D eigenvalue weighted by atomic mass is 9.78. The molecule has 0 aromatic heterocycles. The lowest BCUT2D eigenvalue weighted by molar-refractivity contribution is -0.125. The maximum atomic E-state index is 11.9. The number of likely N-dealkylation sites (tertiary alicyclic amines) is 1. The average molecular weight is 209 g/mol. The van der Waals surface area contributed by atoms with Gasteiger partial charge in [-0.1, -0.05) is 6.08 Å². The molecular formula is C11H15NO3. The molecule has 2 unspecified atom stereocenters. The van der Waals surface area contributed by atoms with E-state index in [1.54, 1.807) is 6.08 Å². The maximum Gasteiger partial charge on any atom is 0.407 e. The first-order chi connectivity index (χ1) is 7.12. The normalized spacial score (nSPS) is 34.3. The summed E-state index contributed by atoms with van der Waals surface area (Å²) in [5.74, 6) is 0.219. The number of hydrogen-bond acceptors (Lipinski definition) is 2. The smallest absolute Gasteiger partial charge is 0.407 e. The molecule has 2 fully saturated rings. The van der Waals surface area contributed by atoms with Crippen LogP contribution in [0.5, 0.6) is 0 Å². The van der Waals surface area contributed by atoms with Crippen molar-refractivity contribution >= 4 is 11.9 Å². The van der Waals surface area contributed by atoms with Gasteiger partial charge in [0.25, 0.3) is 0 Å². The summed E-state index contributed by atoms with van der Waals surface area (Å²) in [7, 11) is 0. The third kappa shape index (κ3) is 1.28. The molecule has 2 rings (SSSR count). The van der Waals surface area contributed by atoms with Crippen LogP contribution in [0.2, 0.25) is 0 Å². The van der Waals surface area contributed by atoms with Crippen molar-refractivity contribution in [1.29, 1.82) is 0 Å². The lowest BCUT2D eigenvalue weighted by Gasteiger charge is -2.28. The Labute approximate surface area is 88.6 Å². The second-order valence-corrected chi connectivity index (χ2v) is 4.35. The number of hydrogen-bond donors (Lipinski definition) is 1. The molecule has 1 heterocycles. The fraction of sp³-hybridized carbons (Fsp3) is 0.636. The highest BCUT2D eigenvalue weighted by molar-refractivity contribution is 5.89. The number of carboxylic acid groups (broad SMARTS) is 1. The number of nitrogens with zero attached hydrogens (tertiary/aromatic N) is 1. The Morgan fingerprint density at radius 1 is 1.73 bits per heavy atom. The molecule has 0 spiro atoms. The van der Waals surface area contributed by atoms with Crippen LogP contribution < -0.4 is 0 Å². The highest BCUT2D eigenvalue weighted by atomic mass is 16.4. The Hall–Kier alpha value is -1.32. The van der Waals surface area contributed by atoms with Crippen molar-refractivity contribution in [3.63, 3.8) is 0 Å². The van der Waals surface area contributed by atoms with Crippen LogP contribution in [0.1, 0.15) is 25.7 Å². The summed E-state index contributed by atoms with van der Waals surface area (Å²) in [5.41, 5.74) is -0.444. The zero-order valence-electron chi connectivity index (χ0n) is 8.61. The maximum absolute atomic E-state index is 11.9. The Morgan fingerprint density at radius 2 is 2.47 bits per heavy atom. The van der Waals surface area contributed by atoms with Crippen LogP contribution in [0.15, 0.2) is 12.7 Å². The summed E-state index contributed by atoms with van der Waals surface area (Å²) in [6, 6.07) is -0.111. The fourth-order valence-electron chi connectivity index (χ4n) is 3.05. The topological polar surface area (TPSA) is 57.6 Å². The molecule has 0 radical (unpaired) electrons. The molecule has 4 heteroatoms. The third-order valence-electron chi connectivity index (χ3n) is 3.77. The van der Waals surface area contributed by atoms with Crippen LogP contribution in [-0.4, -0.2) is 34.5 Å². The van der Waals surface area contributed by atoms with E-state index < -0.39 is 11.5 Å². The molecule has 0 aromatic rings. The van der Waals surface area contributed by atoms with Crippen molar-refractivity contribution in [1.82, 2.24) is 4.90 Å². The molecule has 1 saturated carbocycles. The van der Waals surface area contributed by atoms with E-state index in [2.05, 4.69) is 6.58 Å². The molecule has 0 aromatic carbocycles. The second kappa shape index (κ2) is 3.36. The third-order valence-corrected chi connectivity index (χ3v) is 3.77. The zero-order chi connectivity index (χ0) is 11.1. The highest BCUT2D eigenvalue weighted by Gasteiger charge is 2.56. The summed E-state index contributed by atoms with van der Waals surface area (Å²) in [4.78, 5) is 24.3. The van der Waals surface area contributed by atoms with Crippen molar-refractivity contribution in [2.75, 3.05) is 6.54 Å². The van der Waals surface area contributed by atoms with Crippen molar-refractivity contribution in [2.45, 2.75) is 31.7 Å². The number of carbonyl (C=O) groups is 2. The van der Waals surface area contributed by atoms with Crippen molar-refractivity contribution in [2.24, 2.45) is 5.41 Å². The molecule has 1 amide bonds. The monoisotopic (exact) mass is 209 g/mol.